The zero-order valence-electron chi connectivity index (χ0n) is 13.7. The molecule has 1 amide bonds. The molecule has 2 heterocycles. The number of aromatic nitrogens is 2. The van der Waals surface area contributed by atoms with Crippen molar-refractivity contribution in [3.05, 3.63) is 56.8 Å². The first-order chi connectivity index (χ1) is 12.7. The van der Waals surface area contributed by atoms with Gasteiger partial charge >= 0.3 is 0 Å². The molecule has 8 heteroatoms. The van der Waals surface area contributed by atoms with Gasteiger partial charge in [-0.25, -0.2) is 0 Å². The standard InChI is InChI=1S/C18H14N4OS3/c19-9-11-4-6-12(7-5-11)10-24-18-22-21-17(26-18)20-16(23)15-8-13-2-1-3-14(13)25-15/h4-8H,1-3,10H2,(H,20,21,23). The topological polar surface area (TPSA) is 78.7 Å². The van der Waals surface area contributed by atoms with Crippen molar-refractivity contribution >= 4 is 45.5 Å². The molecular formula is C18H14N4OS3. The predicted molar refractivity (Wildman–Crippen MR) is 105 cm³/mol. The van der Waals surface area contributed by atoms with Gasteiger partial charge in [-0.05, 0) is 48.6 Å². The first kappa shape index (κ1) is 17.2. The van der Waals surface area contributed by atoms with E-state index in [-0.39, 0.29) is 5.91 Å². The van der Waals surface area contributed by atoms with E-state index in [1.54, 1.807) is 35.2 Å². The van der Waals surface area contributed by atoms with Crippen molar-refractivity contribution in [1.29, 1.82) is 5.26 Å². The molecule has 0 radical (unpaired) electrons. The van der Waals surface area contributed by atoms with Crippen LogP contribution in [-0.2, 0) is 18.6 Å². The second-order valence-electron chi connectivity index (χ2n) is 5.84. The maximum atomic E-state index is 12.4. The van der Waals surface area contributed by atoms with Gasteiger partial charge in [0.15, 0.2) is 4.34 Å². The molecule has 5 nitrogen and oxygen atoms in total. The summed E-state index contributed by atoms with van der Waals surface area (Å²) in [6.07, 6.45) is 3.36. The minimum absolute atomic E-state index is 0.107. The van der Waals surface area contributed by atoms with Gasteiger partial charge in [0.05, 0.1) is 16.5 Å². The molecular weight excluding hydrogens is 384 g/mol. The van der Waals surface area contributed by atoms with Crippen LogP contribution in [0.4, 0.5) is 5.13 Å². The highest BCUT2D eigenvalue weighted by Crippen LogP contribution is 2.32. The second-order valence-corrected chi connectivity index (χ2v) is 9.17. The fourth-order valence-corrected chi connectivity index (χ4v) is 5.59. The fourth-order valence-electron chi connectivity index (χ4n) is 2.74. The molecule has 0 atom stereocenters. The number of thioether (sulfide) groups is 1. The Kier molecular flexibility index (Phi) is 5.02. The summed E-state index contributed by atoms with van der Waals surface area (Å²) in [5.41, 5.74) is 3.08. The van der Waals surface area contributed by atoms with Crippen molar-refractivity contribution in [3.63, 3.8) is 0 Å². The normalized spacial score (nSPS) is 12.6. The first-order valence-corrected chi connectivity index (χ1v) is 10.7. The van der Waals surface area contributed by atoms with E-state index < -0.39 is 0 Å². The number of carbonyl (C=O) groups is 1. The van der Waals surface area contributed by atoms with Gasteiger partial charge < -0.3 is 0 Å². The van der Waals surface area contributed by atoms with Crippen LogP contribution in [0.25, 0.3) is 0 Å². The lowest BCUT2D eigenvalue weighted by atomic mass is 10.2. The molecule has 1 aromatic carbocycles. The van der Waals surface area contributed by atoms with Crippen LogP contribution in [0.1, 0.15) is 37.7 Å². The van der Waals surface area contributed by atoms with E-state index in [9.17, 15) is 4.79 Å². The summed E-state index contributed by atoms with van der Waals surface area (Å²) < 4.78 is 0.804. The van der Waals surface area contributed by atoms with Crippen molar-refractivity contribution < 1.29 is 4.79 Å². The summed E-state index contributed by atoms with van der Waals surface area (Å²) in [6.45, 7) is 0. The van der Waals surface area contributed by atoms with E-state index in [2.05, 4.69) is 21.6 Å². The van der Waals surface area contributed by atoms with Crippen LogP contribution >= 0.6 is 34.4 Å². The van der Waals surface area contributed by atoms with Gasteiger partial charge in [0.2, 0.25) is 5.13 Å². The van der Waals surface area contributed by atoms with E-state index in [0.717, 1.165) is 33.4 Å². The summed E-state index contributed by atoms with van der Waals surface area (Å²) in [5.74, 6) is 0.635. The third-order valence-corrected chi connectivity index (χ3v) is 7.32. The number of hydrogen-bond donors (Lipinski definition) is 1. The lowest BCUT2D eigenvalue weighted by Gasteiger charge is -1.98. The molecule has 1 aliphatic rings. The van der Waals surface area contributed by atoms with Crippen LogP contribution in [0.5, 0.6) is 0 Å². The summed E-state index contributed by atoms with van der Waals surface area (Å²) in [7, 11) is 0. The number of rotatable bonds is 5. The largest absolute Gasteiger partial charge is 0.296 e. The van der Waals surface area contributed by atoms with Crippen LogP contribution in [0, 0.1) is 11.3 Å². The van der Waals surface area contributed by atoms with Gasteiger partial charge in [-0.15, -0.1) is 21.5 Å². The summed E-state index contributed by atoms with van der Waals surface area (Å²) in [4.78, 5) is 14.5. The van der Waals surface area contributed by atoms with Crippen molar-refractivity contribution in [2.45, 2.75) is 29.4 Å². The Balaban J connectivity index is 1.35. The molecule has 0 bridgehead atoms. The Hall–Kier alpha value is -2.21. The third-order valence-electron chi connectivity index (χ3n) is 4.04. The molecule has 0 saturated carbocycles. The zero-order chi connectivity index (χ0) is 17.9. The molecule has 2 aromatic heterocycles. The number of hydrogen-bond acceptors (Lipinski definition) is 7. The highest BCUT2D eigenvalue weighted by molar-refractivity contribution is 8.00. The number of nitrogens with zero attached hydrogens (tertiary/aromatic N) is 3. The zero-order valence-corrected chi connectivity index (χ0v) is 16.1. The van der Waals surface area contributed by atoms with Crippen LogP contribution in [-0.4, -0.2) is 16.1 Å². The molecule has 0 saturated heterocycles. The second kappa shape index (κ2) is 7.58. The highest BCUT2D eigenvalue weighted by Gasteiger charge is 2.19. The van der Waals surface area contributed by atoms with E-state index in [1.807, 2.05) is 18.2 Å². The quantitative estimate of drug-likeness (QED) is 0.505. The molecule has 0 fully saturated rings. The lowest BCUT2D eigenvalue weighted by Crippen LogP contribution is -2.09. The van der Waals surface area contributed by atoms with Gasteiger partial charge in [0, 0.05) is 10.6 Å². The summed E-state index contributed by atoms with van der Waals surface area (Å²) >= 11 is 4.52. The number of nitrogens with one attached hydrogen (secondary N) is 1. The van der Waals surface area contributed by atoms with Gasteiger partial charge in [-0.3, -0.25) is 10.1 Å². The number of anilines is 1. The van der Waals surface area contributed by atoms with Crippen molar-refractivity contribution in [3.8, 4) is 6.07 Å². The van der Waals surface area contributed by atoms with Crippen molar-refractivity contribution in [1.82, 2.24) is 10.2 Å². The van der Waals surface area contributed by atoms with Gasteiger partial charge in [-0.2, -0.15) is 5.26 Å². The first-order valence-electron chi connectivity index (χ1n) is 8.09. The highest BCUT2D eigenvalue weighted by atomic mass is 32.2. The Morgan fingerprint density at radius 2 is 2.08 bits per heavy atom. The van der Waals surface area contributed by atoms with Crippen LogP contribution < -0.4 is 5.32 Å². The number of amides is 1. The molecule has 1 aliphatic carbocycles. The Bertz CT molecular complexity index is 963. The molecule has 26 heavy (non-hydrogen) atoms. The molecule has 3 aromatic rings. The third kappa shape index (κ3) is 3.80. The van der Waals surface area contributed by atoms with E-state index >= 15 is 0 Å². The van der Waals surface area contributed by atoms with E-state index in [1.165, 1.54) is 28.2 Å². The minimum atomic E-state index is -0.107. The average molecular weight is 399 g/mol. The maximum Gasteiger partial charge on any atom is 0.267 e. The van der Waals surface area contributed by atoms with E-state index in [0.29, 0.717) is 10.7 Å². The number of carbonyl (C=O) groups excluding carboxylic acids is 1. The SMILES string of the molecule is N#Cc1ccc(CSc2nnc(NC(=O)c3cc4c(s3)CCC4)s2)cc1. The number of benzene rings is 1. The fraction of sp³-hybridized carbons (Fsp3) is 0.222. The van der Waals surface area contributed by atoms with Crippen molar-refractivity contribution in [2.24, 2.45) is 0 Å². The molecule has 1 N–H and O–H groups in total. The van der Waals surface area contributed by atoms with Gasteiger partial charge in [0.1, 0.15) is 0 Å². The Labute approximate surface area is 163 Å². The molecule has 0 unspecified atom stereocenters. The summed E-state index contributed by atoms with van der Waals surface area (Å²) in [5, 5.41) is 20.4. The summed E-state index contributed by atoms with van der Waals surface area (Å²) in [6, 6.07) is 11.6. The van der Waals surface area contributed by atoms with Crippen LogP contribution in [0.2, 0.25) is 0 Å². The smallest absolute Gasteiger partial charge is 0.267 e. The predicted octanol–water partition coefficient (Wildman–Crippen LogP) is 4.50. The maximum absolute atomic E-state index is 12.4. The van der Waals surface area contributed by atoms with Crippen LogP contribution in [0.3, 0.4) is 0 Å². The number of nitriles is 1. The number of aryl methyl sites for hydroxylation is 2. The Morgan fingerprint density at radius 1 is 1.23 bits per heavy atom. The van der Waals surface area contributed by atoms with Gasteiger partial charge in [0.25, 0.3) is 5.91 Å². The molecule has 0 spiro atoms. The number of thiophene rings is 1. The molecule has 130 valence electrons. The minimum Gasteiger partial charge on any atom is -0.296 e. The van der Waals surface area contributed by atoms with Crippen LogP contribution in [0.15, 0.2) is 34.7 Å². The average Bonchev–Trinajstić information content (AvgIpc) is 3.36. The molecule has 4 rings (SSSR count). The van der Waals surface area contributed by atoms with Crippen molar-refractivity contribution in [2.75, 3.05) is 5.32 Å². The monoisotopic (exact) mass is 398 g/mol. The van der Waals surface area contributed by atoms with Gasteiger partial charge in [-0.1, -0.05) is 35.2 Å². The number of fused-ring (bicyclic) bond motifs is 1. The lowest BCUT2D eigenvalue weighted by molar-refractivity contribution is 0.103. The molecule has 0 aliphatic heterocycles. The Morgan fingerprint density at radius 3 is 2.85 bits per heavy atom. The van der Waals surface area contributed by atoms with E-state index in [4.69, 9.17) is 5.26 Å².